The molecule has 22 heavy (non-hydrogen) atoms. The Morgan fingerprint density at radius 1 is 1.14 bits per heavy atom. The van der Waals surface area contributed by atoms with Crippen molar-refractivity contribution in [1.29, 1.82) is 0 Å². The van der Waals surface area contributed by atoms with Crippen LogP contribution < -0.4 is 10.6 Å². The van der Waals surface area contributed by atoms with E-state index in [1.807, 2.05) is 20.8 Å². The quantitative estimate of drug-likeness (QED) is 0.460. The van der Waals surface area contributed by atoms with E-state index >= 15 is 0 Å². The molecule has 3 N–H and O–H groups in total. The van der Waals surface area contributed by atoms with Crippen molar-refractivity contribution in [1.82, 2.24) is 10.6 Å². The average Bonchev–Trinajstić information content (AvgIpc) is 2.43. The topological polar surface area (TPSA) is 78.4 Å². The molecular formula is C16H32N2O3S. The van der Waals surface area contributed by atoms with Gasteiger partial charge < -0.3 is 15.7 Å². The maximum absolute atomic E-state index is 12.2. The summed E-state index contributed by atoms with van der Waals surface area (Å²) >= 11 is 4.12. The Kier molecular flexibility index (Phi) is 9.76. The first-order valence-electron chi connectivity index (χ1n) is 7.93. The first-order chi connectivity index (χ1) is 10.1. The lowest BCUT2D eigenvalue weighted by molar-refractivity contribution is -0.128. The molecule has 0 aliphatic carbocycles. The largest absolute Gasteiger partial charge is 0.396 e. The molecule has 0 spiro atoms. The molecule has 6 heteroatoms. The van der Waals surface area contributed by atoms with Crippen molar-refractivity contribution in [3.8, 4) is 0 Å². The number of aliphatic hydroxyl groups excluding tert-OH is 1. The smallest absolute Gasteiger partial charge is 0.242 e. The van der Waals surface area contributed by atoms with Gasteiger partial charge in [0.15, 0.2) is 0 Å². The standard InChI is InChI=1S/C16H32N2O3S/c1-11(16(4,5)10-19)6-7-12(2)17-15(21)14(8-9-22)18-13(3)20/h11-12,14,19,22H,6-10H2,1-5H3,(H,17,21)(H,18,20). The van der Waals surface area contributed by atoms with Crippen molar-refractivity contribution < 1.29 is 14.7 Å². The molecule has 0 saturated carbocycles. The second kappa shape index (κ2) is 10.1. The molecule has 0 aliphatic rings. The molecule has 3 unspecified atom stereocenters. The van der Waals surface area contributed by atoms with Crippen LogP contribution in [0, 0.1) is 11.3 Å². The predicted molar refractivity (Wildman–Crippen MR) is 92.9 cm³/mol. The second-order valence-corrected chi connectivity index (χ2v) is 7.25. The Labute approximate surface area is 140 Å². The average molecular weight is 333 g/mol. The van der Waals surface area contributed by atoms with Crippen LogP contribution in [0.4, 0.5) is 0 Å². The maximum atomic E-state index is 12.2. The molecule has 0 bridgehead atoms. The first-order valence-corrected chi connectivity index (χ1v) is 8.56. The molecule has 0 aromatic carbocycles. The molecule has 0 aromatic rings. The zero-order valence-corrected chi connectivity index (χ0v) is 15.4. The summed E-state index contributed by atoms with van der Waals surface area (Å²) in [6, 6.07) is -0.496. The molecule has 0 fully saturated rings. The highest BCUT2D eigenvalue weighted by Gasteiger charge is 2.26. The van der Waals surface area contributed by atoms with E-state index in [0.717, 1.165) is 12.8 Å². The summed E-state index contributed by atoms with van der Waals surface area (Å²) in [4.78, 5) is 23.3. The minimum absolute atomic E-state index is 0.0284. The maximum Gasteiger partial charge on any atom is 0.242 e. The van der Waals surface area contributed by atoms with Gasteiger partial charge >= 0.3 is 0 Å². The fraction of sp³-hybridized carbons (Fsp3) is 0.875. The minimum Gasteiger partial charge on any atom is -0.396 e. The van der Waals surface area contributed by atoms with Crippen LogP contribution in [0.5, 0.6) is 0 Å². The second-order valence-electron chi connectivity index (χ2n) is 6.80. The third kappa shape index (κ3) is 8.03. The van der Waals surface area contributed by atoms with Gasteiger partial charge in [0.25, 0.3) is 0 Å². The highest BCUT2D eigenvalue weighted by Crippen LogP contribution is 2.29. The number of thiol groups is 1. The number of aliphatic hydroxyl groups is 1. The number of hydrogen-bond donors (Lipinski definition) is 4. The number of carbonyl (C=O) groups is 2. The molecule has 0 saturated heterocycles. The van der Waals surface area contributed by atoms with Crippen LogP contribution in [-0.4, -0.2) is 41.4 Å². The van der Waals surface area contributed by atoms with Gasteiger partial charge in [-0.25, -0.2) is 0 Å². The van der Waals surface area contributed by atoms with Crippen molar-refractivity contribution in [2.45, 2.75) is 66.0 Å². The summed E-state index contributed by atoms with van der Waals surface area (Å²) in [6.45, 7) is 9.72. The first kappa shape index (κ1) is 21.2. The van der Waals surface area contributed by atoms with E-state index in [-0.39, 0.29) is 29.9 Å². The van der Waals surface area contributed by atoms with Crippen LogP contribution in [0.3, 0.4) is 0 Å². The van der Waals surface area contributed by atoms with Crippen molar-refractivity contribution in [3.05, 3.63) is 0 Å². The monoisotopic (exact) mass is 332 g/mol. The third-order valence-electron chi connectivity index (χ3n) is 4.27. The van der Waals surface area contributed by atoms with Crippen LogP contribution in [0.2, 0.25) is 0 Å². The Morgan fingerprint density at radius 3 is 2.18 bits per heavy atom. The molecule has 0 rings (SSSR count). The Morgan fingerprint density at radius 2 is 1.73 bits per heavy atom. The van der Waals surface area contributed by atoms with Gasteiger partial charge in [-0.05, 0) is 43.3 Å². The fourth-order valence-corrected chi connectivity index (χ4v) is 2.36. The molecule has 0 heterocycles. The molecular weight excluding hydrogens is 300 g/mol. The normalized spacial score (nSPS) is 15.8. The van der Waals surface area contributed by atoms with Crippen LogP contribution >= 0.6 is 12.6 Å². The van der Waals surface area contributed by atoms with Crippen LogP contribution in [0.15, 0.2) is 0 Å². The Bertz CT molecular complexity index is 361. The van der Waals surface area contributed by atoms with Gasteiger partial charge in [-0.1, -0.05) is 20.8 Å². The number of hydrogen-bond acceptors (Lipinski definition) is 4. The molecule has 0 radical (unpaired) electrons. The molecule has 3 atom stereocenters. The number of rotatable bonds is 10. The Hall–Kier alpha value is -0.750. The molecule has 2 amide bonds. The van der Waals surface area contributed by atoms with E-state index in [1.54, 1.807) is 0 Å². The Balaban J connectivity index is 4.36. The fourth-order valence-electron chi connectivity index (χ4n) is 2.11. The van der Waals surface area contributed by atoms with Gasteiger partial charge in [0, 0.05) is 19.6 Å². The highest BCUT2D eigenvalue weighted by atomic mass is 32.1. The highest BCUT2D eigenvalue weighted by molar-refractivity contribution is 7.80. The number of carbonyl (C=O) groups excluding carboxylic acids is 2. The van der Waals surface area contributed by atoms with Gasteiger partial charge in [0.05, 0.1) is 0 Å². The lowest BCUT2D eigenvalue weighted by atomic mass is 9.78. The van der Waals surface area contributed by atoms with E-state index in [4.69, 9.17) is 0 Å². The van der Waals surface area contributed by atoms with E-state index in [2.05, 4.69) is 30.2 Å². The van der Waals surface area contributed by atoms with Gasteiger partial charge in [0.2, 0.25) is 11.8 Å². The molecule has 5 nitrogen and oxygen atoms in total. The van der Waals surface area contributed by atoms with Crippen LogP contribution in [-0.2, 0) is 9.59 Å². The zero-order chi connectivity index (χ0) is 17.3. The summed E-state index contributed by atoms with van der Waals surface area (Å²) in [6.07, 6.45) is 2.27. The van der Waals surface area contributed by atoms with Crippen molar-refractivity contribution >= 4 is 24.4 Å². The van der Waals surface area contributed by atoms with Gasteiger partial charge in [-0.2, -0.15) is 12.6 Å². The number of nitrogens with one attached hydrogen (secondary N) is 2. The minimum atomic E-state index is -0.524. The van der Waals surface area contributed by atoms with E-state index < -0.39 is 6.04 Å². The molecule has 0 aliphatic heterocycles. The van der Waals surface area contributed by atoms with Gasteiger partial charge in [-0.15, -0.1) is 0 Å². The SMILES string of the molecule is CC(=O)NC(CCS)C(=O)NC(C)CCC(C)C(C)(C)CO. The van der Waals surface area contributed by atoms with Crippen molar-refractivity contribution in [2.75, 3.05) is 12.4 Å². The van der Waals surface area contributed by atoms with Crippen LogP contribution in [0.25, 0.3) is 0 Å². The number of amides is 2. The lowest BCUT2D eigenvalue weighted by Gasteiger charge is -2.30. The zero-order valence-electron chi connectivity index (χ0n) is 14.5. The summed E-state index contributed by atoms with van der Waals surface area (Å²) < 4.78 is 0. The van der Waals surface area contributed by atoms with Gasteiger partial charge in [0.1, 0.15) is 6.04 Å². The van der Waals surface area contributed by atoms with Crippen molar-refractivity contribution in [3.63, 3.8) is 0 Å². The van der Waals surface area contributed by atoms with E-state index in [0.29, 0.717) is 18.1 Å². The third-order valence-corrected chi connectivity index (χ3v) is 4.53. The van der Waals surface area contributed by atoms with E-state index in [9.17, 15) is 14.7 Å². The van der Waals surface area contributed by atoms with Crippen molar-refractivity contribution in [2.24, 2.45) is 11.3 Å². The summed E-state index contributed by atoms with van der Waals surface area (Å²) in [7, 11) is 0. The molecule has 0 aromatic heterocycles. The summed E-state index contributed by atoms with van der Waals surface area (Å²) in [5.74, 6) is 0.522. The lowest BCUT2D eigenvalue weighted by Crippen LogP contribution is -2.48. The predicted octanol–water partition coefficient (Wildman–Crippen LogP) is 1.75. The van der Waals surface area contributed by atoms with Gasteiger partial charge in [-0.3, -0.25) is 9.59 Å². The summed E-state index contributed by atoms with van der Waals surface area (Å²) in [5, 5.41) is 15.0. The van der Waals surface area contributed by atoms with Crippen LogP contribution in [0.1, 0.15) is 53.9 Å². The summed E-state index contributed by atoms with van der Waals surface area (Å²) in [5.41, 5.74) is -0.117. The molecule has 130 valence electrons. The van der Waals surface area contributed by atoms with E-state index in [1.165, 1.54) is 6.92 Å².